The van der Waals surface area contributed by atoms with Gasteiger partial charge in [0.1, 0.15) is 6.61 Å². The zero-order valence-electron chi connectivity index (χ0n) is 12.3. The lowest BCUT2D eigenvalue weighted by atomic mass is 10.2. The summed E-state index contributed by atoms with van der Waals surface area (Å²) in [6.07, 6.45) is 0. The molecule has 122 valence electrons. The highest BCUT2D eigenvalue weighted by Crippen LogP contribution is 2.22. The number of rotatable bonds is 7. The molecule has 0 fully saturated rings. The van der Waals surface area contributed by atoms with Gasteiger partial charge in [-0.3, -0.25) is 4.18 Å². The second-order valence-electron chi connectivity index (χ2n) is 4.51. The minimum atomic E-state index is -3.85. The monoisotopic (exact) mass is 373 g/mol. The van der Waals surface area contributed by atoms with Crippen molar-refractivity contribution in [2.24, 2.45) is 0 Å². The zero-order valence-corrected chi connectivity index (χ0v) is 14.8. The summed E-state index contributed by atoms with van der Waals surface area (Å²) in [5, 5.41) is 0.995. The average Bonchev–Trinajstić information content (AvgIpc) is 2.54. The molecule has 2 rings (SSSR count). The minimum absolute atomic E-state index is 0.0398. The molecule has 0 radical (unpaired) electrons. The van der Waals surface area contributed by atoms with Crippen LogP contribution in [0.2, 0.25) is 5.02 Å². The van der Waals surface area contributed by atoms with Gasteiger partial charge in [0.25, 0.3) is 10.1 Å². The summed E-state index contributed by atoms with van der Waals surface area (Å²) in [7, 11) is -5.73. The van der Waals surface area contributed by atoms with E-state index in [1.54, 1.807) is 31.2 Å². The van der Waals surface area contributed by atoms with Crippen LogP contribution in [0.4, 0.5) is 0 Å². The zero-order chi connectivity index (χ0) is 16.9. The molecule has 0 aliphatic heterocycles. The van der Waals surface area contributed by atoms with Crippen LogP contribution in [-0.4, -0.2) is 15.0 Å². The Bertz CT molecular complexity index is 773. The van der Waals surface area contributed by atoms with Crippen LogP contribution in [0, 0.1) is 0 Å². The standard InChI is InChI=1S/C15H15ClO5PS/c1-2-20-22(17)14-7-3-12(4-8-14)11-21-23(18,19)15-9-5-13(16)6-10-15/h3-10H,2,11H2,1H3/q+1. The Kier molecular flexibility index (Phi) is 6.27. The van der Waals surface area contributed by atoms with Crippen molar-refractivity contribution in [2.45, 2.75) is 18.4 Å². The first-order valence-electron chi connectivity index (χ1n) is 6.76. The van der Waals surface area contributed by atoms with Gasteiger partial charge in [-0.25, -0.2) is 0 Å². The van der Waals surface area contributed by atoms with Crippen molar-refractivity contribution in [1.29, 1.82) is 0 Å². The lowest BCUT2D eigenvalue weighted by Crippen LogP contribution is -2.07. The van der Waals surface area contributed by atoms with Crippen molar-refractivity contribution < 1.29 is 21.7 Å². The van der Waals surface area contributed by atoms with E-state index >= 15 is 0 Å². The molecular weight excluding hydrogens is 359 g/mol. The first-order chi connectivity index (χ1) is 10.9. The molecule has 5 nitrogen and oxygen atoms in total. The smallest absolute Gasteiger partial charge is 0.262 e. The third-order valence-electron chi connectivity index (χ3n) is 2.88. The van der Waals surface area contributed by atoms with Crippen LogP contribution in [0.25, 0.3) is 0 Å². The summed E-state index contributed by atoms with van der Waals surface area (Å²) >= 11 is 5.73. The van der Waals surface area contributed by atoms with E-state index in [-0.39, 0.29) is 11.5 Å². The quantitative estimate of drug-likeness (QED) is 0.547. The molecule has 0 saturated carbocycles. The van der Waals surface area contributed by atoms with Gasteiger partial charge in [-0.2, -0.15) is 8.42 Å². The van der Waals surface area contributed by atoms with Crippen LogP contribution >= 0.6 is 19.6 Å². The van der Waals surface area contributed by atoms with Crippen molar-refractivity contribution in [3.63, 3.8) is 0 Å². The van der Waals surface area contributed by atoms with E-state index in [0.29, 0.717) is 22.5 Å². The molecule has 0 aliphatic rings. The summed E-state index contributed by atoms with van der Waals surface area (Å²) in [4.78, 5) is 0.0398. The van der Waals surface area contributed by atoms with Gasteiger partial charge in [-0.05, 0) is 53.5 Å². The largest absolute Gasteiger partial charge is 0.548 e. The maximum atomic E-state index is 12.0. The van der Waals surface area contributed by atoms with Gasteiger partial charge in [0, 0.05) is 5.02 Å². The lowest BCUT2D eigenvalue weighted by molar-refractivity contribution is 0.308. The van der Waals surface area contributed by atoms with E-state index in [0.717, 1.165) is 0 Å². The number of hydrogen-bond donors (Lipinski definition) is 0. The second-order valence-corrected chi connectivity index (χ2v) is 7.85. The SMILES string of the molecule is CCO[P+](=O)c1ccc(COS(=O)(=O)c2ccc(Cl)cc2)cc1. The predicted molar refractivity (Wildman–Crippen MR) is 88.7 cm³/mol. The Morgan fingerprint density at radius 1 is 1.04 bits per heavy atom. The van der Waals surface area contributed by atoms with Crippen LogP contribution in [-0.2, 0) is 30.0 Å². The van der Waals surface area contributed by atoms with Gasteiger partial charge >= 0.3 is 8.03 Å². The highest BCUT2D eigenvalue weighted by atomic mass is 35.5. The molecule has 0 heterocycles. The van der Waals surface area contributed by atoms with E-state index < -0.39 is 18.1 Å². The fourth-order valence-electron chi connectivity index (χ4n) is 1.72. The second kappa shape index (κ2) is 7.99. The van der Waals surface area contributed by atoms with Gasteiger partial charge in [0.2, 0.25) is 5.30 Å². The van der Waals surface area contributed by atoms with Crippen LogP contribution in [0.15, 0.2) is 53.4 Å². The fourth-order valence-corrected chi connectivity index (χ4v) is 3.52. The molecule has 0 aromatic heterocycles. The van der Waals surface area contributed by atoms with Crippen molar-refractivity contribution in [2.75, 3.05) is 6.61 Å². The Balaban J connectivity index is 2.02. The molecule has 0 spiro atoms. The van der Waals surface area contributed by atoms with E-state index in [1.165, 1.54) is 24.3 Å². The Labute approximate surface area is 141 Å². The van der Waals surface area contributed by atoms with Crippen LogP contribution in [0.1, 0.15) is 12.5 Å². The van der Waals surface area contributed by atoms with E-state index in [4.69, 9.17) is 20.3 Å². The molecule has 0 amide bonds. The first kappa shape index (κ1) is 18.0. The first-order valence-corrected chi connectivity index (χ1v) is 9.73. The maximum absolute atomic E-state index is 12.0. The van der Waals surface area contributed by atoms with Gasteiger partial charge in [-0.1, -0.05) is 23.7 Å². The van der Waals surface area contributed by atoms with E-state index in [1.807, 2.05) is 0 Å². The van der Waals surface area contributed by atoms with Crippen molar-refractivity contribution in [3.8, 4) is 0 Å². The molecule has 0 N–H and O–H groups in total. The summed E-state index contributed by atoms with van der Waals surface area (Å²) in [6.45, 7) is 2.01. The molecule has 23 heavy (non-hydrogen) atoms. The molecule has 2 aromatic rings. The summed E-state index contributed by atoms with van der Waals surface area (Å²) in [5.41, 5.74) is 0.645. The van der Waals surface area contributed by atoms with Crippen molar-refractivity contribution in [1.82, 2.24) is 0 Å². The van der Waals surface area contributed by atoms with Crippen molar-refractivity contribution in [3.05, 3.63) is 59.1 Å². The predicted octanol–water partition coefficient (Wildman–Crippen LogP) is 3.65. The maximum Gasteiger partial charge on any atom is 0.548 e. The molecule has 0 bridgehead atoms. The topological polar surface area (TPSA) is 69.7 Å². The normalized spacial score (nSPS) is 12.2. The summed E-state index contributed by atoms with van der Waals surface area (Å²) in [6, 6.07) is 12.3. The van der Waals surface area contributed by atoms with Crippen LogP contribution in [0.5, 0.6) is 0 Å². The molecule has 8 heteroatoms. The Morgan fingerprint density at radius 2 is 1.65 bits per heavy atom. The molecule has 0 aliphatic carbocycles. The fraction of sp³-hybridized carbons (Fsp3) is 0.200. The van der Waals surface area contributed by atoms with Gasteiger partial charge in [-0.15, -0.1) is 4.52 Å². The summed E-state index contributed by atoms with van der Waals surface area (Å²) < 4.78 is 45.8. The molecule has 1 atom stereocenters. The van der Waals surface area contributed by atoms with Gasteiger partial charge in [0.05, 0.1) is 11.5 Å². The van der Waals surface area contributed by atoms with Crippen molar-refractivity contribution >= 4 is 35.1 Å². The minimum Gasteiger partial charge on any atom is -0.262 e. The lowest BCUT2D eigenvalue weighted by Gasteiger charge is -2.05. The average molecular weight is 374 g/mol. The molecule has 0 saturated heterocycles. The van der Waals surface area contributed by atoms with Crippen LogP contribution in [0.3, 0.4) is 0 Å². The summed E-state index contributed by atoms with van der Waals surface area (Å²) in [5.74, 6) is 0. The van der Waals surface area contributed by atoms with Crippen LogP contribution < -0.4 is 5.30 Å². The highest BCUT2D eigenvalue weighted by molar-refractivity contribution is 7.86. The number of halogens is 1. The van der Waals surface area contributed by atoms with E-state index in [9.17, 15) is 13.0 Å². The van der Waals surface area contributed by atoms with Gasteiger partial charge < -0.3 is 0 Å². The highest BCUT2D eigenvalue weighted by Gasteiger charge is 2.21. The van der Waals surface area contributed by atoms with Gasteiger partial charge in [0.15, 0.2) is 0 Å². The molecular formula is C15H15ClO5PS+. The molecule has 1 unspecified atom stereocenters. The third kappa shape index (κ3) is 5.09. The Hall–Kier alpha value is -1.30. The Morgan fingerprint density at radius 3 is 2.22 bits per heavy atom. The third-order valence-corrected chi connectivity index (χ3v) is 5.62. The number of benzene rings is 2. The number of hydrogen-bond acceptors (Lipinski definition) is 5. The van der Waals surface area contributed by atoms with E-state index in [2.05, 4.69) is 0 Å². The molecule has 2 aromatic carbocycles.